The Morgan fingerprint density at radius 3 is 1.92 bits per heavy atom. The van der Waals surface area contributed by atoms with Gasteiger partial charge in [0.2, 0.25) is 5.91 Å². The highest BCUT2D eigenvalue weighted by Crippen LogP contribution is 2.44. The predicted octanol–water partition coefficient (Wildman–Crippen LogP) is 6.56. The van der Waals surface area contributed by atoms with E-state index in [4.69, 9.17) is 18.9 Å². The number of alkyl carbamates (subject to hydrolysis) is 2. The van der Waals surface area contributed by atoms with Crippen molar-refractivity contribution in [2.24, 2.45) is 0 Å². The number of amides is 3. The van der Waals surface area contributed by atoms with E-state index in [1.54, 1.807) is 65.8 Å². The number of esters is 1. The number of fused-ring (bicyclic) bond motifs is 3. The van der Waals surface area contributed by atoms with Crippen LogP contribution in [0.15, 0.2) is 72.8 Å². The van der Waals surface area contributed by atoms with E-state index in [-0.39, 0.29) is 38.5 Å². The molecule has 0 saturated carbocycles. The Kier molecular flexibility index (Phi) is 11.7. The van der Waals surface area contributed by atoms with Gasteiger partial charge in [-0.15, -0.1) is 0 Å². The Balaban J connectivity index is 1.34. The standard InChI is InChI=1S/C37H45N3O8/c1-36(2,3)47-32(41)20-19-31(33(42)39-24-15-17-25(18-16-24)45-22-21-38-34(43)48-37(4,5)6)40-35(44)46-23-30-28-13-9-7-11-26(28)27-12-8-10-14-29(27)30/h7-18,30-31H,19-23H2,1-6H3,(H,38,43)(H,39,42)(H,40,44)/t31-/m0/s1. The smallest absolute Gasteiger partial charge is 0.407 e. The van der Waals surface area contributed by atoms with E-state index in [9.17, 15) is 19.2 Å². The zero-order chi connectivity index (χ0) is 34.9. The number of carbonyl (C=O) groups is 4. The van der Waals surface area contributed by atoms with E-state index >= 15 is 0 Å². The molecule has 0 unspecified atom stereocenters. The first-order chi connectivity index (χ1) is 22.7. The zero-order valence-corrected chi connectivity index (χ0v) is 28.4. The van der Waals surface area contributed by atoms with Crippen LogP contribution in [-0.4, -0.2) is 61.1 Å². The molecular weight excluding hydrogens is 614 g/mol. The Bertz CT molecular complexity index is 1550. The first-order valence-corrected chi connectivity index (χ1v) is 16.0. The number of ether oxygens (including phenoxy) is 4. The topological polar surface area (TPSA) is 141 Å². The normalized spacial score (nSPS) is 13.0. The van der Waals surface area contributed by atoms with Crippen LogP contribution < -0.4 is 20.7 Å². The number of anilines is 1. The third-order valence-electron chi connectivity index (χ3n) is 7.17. The van der Waals surface area contributed by atoms with Crippen LogP contribution in [0, 0.1) is 0 Å². The van der Waals surface area contributed by atoms with E-state index in [0.717, 1.165) is 22.3 Å². The lowest BCUT2D eigenvalue weighted by Crippen LogP contribution is -2.44. The lowest BCUT2D eigenvalue weighted by atomic mass is 9.98. The molecule has 3 amide bonds. The van der Waals surface area contributed by atoms with Gasteiger partial charge < -0.3 is 34.9 Å². The summed E-state index contributed by atoms with van der Waals surface area (Å²) >= 11 is 0. The number of nitrogens with one attached hydrogen (secondary N) is 3. The quantitative estimate of drug-likeness (QED) is 0.113. The summed E-state index contributed by atoms with van der Waals surface area (Å²) in [7, 11) is 0. The third kappa shape index (κ3) is 10.8. The van der Waals surface area contributed by atoms with Crippen LogP contribution in [0.1, 0.15) is 71.4 Å². The maximum atomic E-state index is 13.4. The Hall–Kier alpha value is -5.06. The van der Waals surface area contributed by atoms with Crippen molar-refractivity contribution >= 4 is 29.8 Å². The molecule has 0 bridgehead atoms. The summed E-state index contributed by atoms with van der Waals surface area (Å²) < 4.78 is 21.9. The van der Waals surface area contributed by atoms with Gasteiger partial charge in [0, 0.05) is 18.0 Å². The van der Waals surface area contributed by atoms with Gasteiger partial charge in [0.05, 0.1) is 6.54 Å². The Labute approximate surface area is 281 Å². The maximum absolute atomic E-state index is 13.4. The van der Waals surface area contributed by atoms with Crippen molar-refractivity contribution < 1.29 is 38.1 Å². The van der Waals surface area contributed by atoms with Crippen molar-refractivity contribution in [2.75, 3.05) is 25.1 Å². The van der Waals surface area contributed by atoms with Crippen molar-refractivity contribution in [3.63, 3.8) is 0 Å². The van der Waals surface area contributed by atoms with Gasteiger partial charge in [-0.1, -0.05) is 48.5 Å². The molecular formula is C37H45N3O8. The number of carbonyl (C=O) groups excluding carboxylic acids is 4. The van der Waals surface area contributed by atoms with Crippen molar-refractivity contribution in [1.29, 1.82) is 0 Å². The largest absolute Gasteiger partial charge is 0.492 e. The summed E-state index contributed by atoms with van der Waals surface area (Å²) in [5.74, 6) is -0.636. The second kappa shape index (κ2) is 15.7. The third-order valence-corrected chi connectivity index (χ3v) is 7.17. The van der Waals surface area contributed by atoms with Crippen LogP contribution in [0.3, 0.4) is 0 Å². The molecule has 0 spiro atoms. The summed E-state index contributed by atoms with van der Waals surface area (Å²) in [6.45, 7) is 11.2. The molecule has 3 aromatic rings. The molecule has 4 rings (SSSR count). The molecule has 3 N–H and O–H groups in total. The first-order valence-electron chi connectivity index (χ1n) is 16.0. The lowest BCUT2D eigenvalue weighted by molar-refractivity contribution is -0.155. The number of benzene rings is 3. The predicted molar refractivity (Wildman–Crippen MR) is 182 cm³/mol. The SMILES string of the molecule is CC(C)(C)OC(=O)CC[C@H](NC(=O)OCC1c2ccccc2-c2ccccc21)C(=O)Nc1ccc(OCCNC(=O)OC(C)(C)C)cc1. The minimum absolute atomic E-state index is 0.00319. The molecule has 1 aliphatic rings. The highest BCUT2D eigenvalue weighted by molar-refractivity contribution is 5.96. The van der Waals surface area contributed by atoms with Crippen LogP contribution >= 0.6 is 0 Å². The average molecular weight is 660 g/mol. The fourth-order valence-electron chi connectivity index (χ4n) is 5.21. The van der Waals surface area contributed by atoms with E-state index in [1.165, 1.54) is 0 Å². The maximum Gasteiger partial charge on any atom is 0.407 e. The zero-order valence-electron chi connectivity index (χ0n) is 28.4. The Morgan fingerprint density at radius 2 is 1.33 bits per heavy atom. The van der Waals surface area contributed by atoms with Crippen molar-refractivity contribution in [3.05, 3.63) is 83.9 Å². The molecule has 1 aliphatic carbocycles. The summed E-state index contributed by atoms with van der Waals surface area (Å²) in [5.41, 5.74) is 3.51. The highest BCUT2D eigenvalue weighted by atomic mass is 16.6. The number of hydrogen-bond donors (Lipinski definition) is 3. The van der Waals surface area contributed by atoms with Crippen LogP contribution in [0.5, 0.6) is 5.75 Å². The fraction of sp³-hybridized carbons (Fsp3) is 0.405. The van der Waals surface area contributed by atoms with Crippen molar-refractivity contribution in [3.8, 4) is 16.9 Å². The first kappa shape index (κ1) is 35.8. The van der Waals surface area contributed by atoms with E-state index < -0.39 is 41.3 Å². The summed E-state index contributed by atoms with van der Waals surface area (Å²) in [4.78, 5) is 50.7. The van der Waals surface area contributed by atoms with Gasteiger partial charge in [-0.2, -0.15) is 0 Å². The molecule has 0 saturated heterocycles. The second-order valence-electron chi connectivity index (χ2n) is 13.4. The summed E-state index contributed by atoms with van der Waals surface area (Å²) in [6, 6.07) is 21.6. The minimum atomic E-state index is -1.08. The number of hydrogen-bond acceptors (Lipinski definition) is 8. The van der Waals surface area contributed by atoms with Gasteiger partial charge in [-0.3, -0.25) is 9.59 Å². The number of rotatable bonds is 12. The summed E-state index contributed by atoms with van der Waals surface area (Å²) in [5, 5.41) is 8.05. The Morgan fingerprint density at radius 1 is 0.750 bits per heavy atom. The second-order valence-corrected chi connectivity index (χ2v) is 13.4. The van der Waals surface area contributed by atoms with Gasteiger partial charge >= 0.3 is 18.2 Å². The molecule has 0 heterocycles. The van der Waals surface area contributed by atoms with E-state index in [1.807, 2.05) is 48.5 Å². The highest BCUT2D eigenvalue weighted by Gasteiger charge is 2.30. The molecule has 0 fully saturated rings. The van der Waals surface area contributed by atoms with Gasteiger partial charge in [-0.25, -0.2) is 9.59 Å². The van der Waals surface area contributed by atoms with Crippen LogP contribution in [0.2, 0.25) is 0 Å². The monoisotopic (exact) mass is 659 g/mol. The fourth-order valence-corrected chi connectivity index (χ4v) is 5.21. The molecule has 1 atom stereocenters. The molecule has 256 valence electrons. The van der Waals surface area contributed by atoms with Gasteiger partial charge in [-0.05, 0) is 94.5 Å². The van der Waals surface area contributed by atoms with Crippen molar-refractivity contribution in [1.82, 2.24) is 10.6 Å². The molecule has 0 radical (unpaired) electrons. The molecule has 11 nitrogen and oxygen atoms in total. The average Bonchev–Trinajstić information content (AvgIpc) is 3.33. The van der Waals surface area contributed by atoms with Crippen molar-refractivity contribution in [2.45, 2.75) is 77.5 Å². The van der Waals surface area contributed by atoms with Crippen LogP contribution in [0.4, 0.5) is 15.3 Å². The molecule has 3 aromatic carbocycles. The van der Waals surface area contributed by atoms with E-state index in [2.05, 4.69) is 16.0 Å². The molecule has 11 heteroatoms. The summed E-state index contributed by atoms with van der Waals surface area (Å²) in [6.07, 6.45) is -1.40. The van der Waals surface area contributed by atoms with Gasteiger partial charge in [0.25, 0.3) is 0 Å². The van der Waals surface area contributed by atoms with Crippen LogP contribution in [0.25, 0.3) is 11.1 Å². The molecule has 0 aromatic heterocycles. The molecule has 0 aliphatic heterocycles. The lowest BCUT2D eigenvalue weighted by Gasteiger charge is -2.22. The van der Waals surface area contributed by atoms with Crippen LogP contribution in [-0.2, 0) is 23.8 Å². The minimum Gasteiger partial charge on any atom is -0.492 e. The van der Waals surface area contributed by atoms with E-state index in [0.29, 0.717) is 11.4 Å². The van der Waals surface area contributed by atoms with Gasteiger partial charge in [0.15, 0.2) is 0 Å². The van der Waals surface area contributed by atoms with Gasteiger partial charge in [0.1, 0.15) is 36.2 Å². The molecule has 48 heavy (non-hydrogen) atoms.